The molecule has 2 N–H and O–H groups in total. The van der Waals surface area contributed by atoms with Gasteiger partial charge in [0.1, 0.15) is 11.5 Å². The Bertz CT molecular complexity index is 981. The van der Waals surface area contributed by atoms with Crippen molar-refractivity contribution in [2.75, 3.05) is 0 Å². The Hall–Kier alpha value is -3.22. The molecule has 122 valence electrons. The van der Waals surface area contributed by atoms with Crippen LogP contribution in [-0.2, 0) is 6.54 Å². The van der Waals surface area contributed by atoms with Gasteiger partial charge in [-0.25, -0.2) is 9.37 Å². The minimum atomic E-state index is -0.710. The van der Waals surface area contributed by atoms with Crippen molar-refractivity contribution in [2.24, 2.45) is 0 Å². The number of carbonyl (C=O) groups is 1. The summed E-state index contributed by atoms with van der Waals surface area (Å²) in [4.78, 5) is 28.5. The largest absolute Gasteiger partial charge is 0.501 e. The first kappa shape index (κ1) is 15.7. The molecule has 3 rings (SSSR count). The van der Waals surface area contributed by atoms with E-state index in [0.717, 1.165) is 0 Å². The third-order valence-electron chi connectivity index (χ3n) is 3.60. The van der Waals surface area contributed by atoms with Crippen molar-refractivity contribution in [2.45, 2.75) is 13.5 Å². The lowest BCUT2D eigenvalue weighted by Crippen LogP contribution is -2.28. The summed E-state index contributed by atoms with van der Waals surface area (Å²) in [5, 5.41) is 12.6. The molecule has 0 aliphatic rings. The number of rotatable bonds is 3. The fourth-order valence-electron chi connectivity index (χ4n) is 2.36. The van der Waals surface area contributed by atoms with Crippen molar-refractivity contribution in [3.8, 4) is 5.75 Å². The molecule has 0 radical (unpaired) electrons. The van der Waals surface area contributed by atoms with E-state index in [1.807, 2.05) is 0 Å². The SMILES string of the molecule is Cc1cccc2nc(C(=O)NCc3ccc(F)cc3)c(O)c(=O)n12. The molecule has 0 fully saturated rings. The lowest BCUT2D eigenvalue weighted by Gasteiger charge is -2.09. The van der Waals surface area contributed by atoms with Crippen molar-refractivity contribution >= 4 is 11.6 Å². The summed E-state index contributed by atoms with van der Waals surface area (Å²) in [6.07, 6.45) is 0. The van der Waals surface area contributed by atoms with Crippen LogP contribution in [0.5, 0.6) is 5.75 Å². The zero-order chi connectivity index (χ0) is 17.3. The molecular weight excluding hydrogens is 313 g/mol. The number of nitrogens with one attached hydrogen (secondary N) is 1. The highest BCUT2D eigenvalue weighted by Gasteiger charge is 2.18. The first-order chi connectivity index (χ1) is 11.5. The molecule has 0 atom stereocenters. The van der Waals surface area contributed by atoms with Crippen LogP contribution in [0.25, 0.3) is 5.65 Å². The molecule has 0 unspecified atom stereocenters. The number of hydrogen-bond acceptors (Lipinski definition) is 4. The second-order valence-electron chi connectivity index (χ2n) is 5.28. The lowest BCUT2D eigenvalue weighted by atomic mass is 10.2. The highest BCUT2D eigenvalue weighted by molar-refractivity contribution is 5.95. The monoisotopic (exact) mass is 327 g/mol. The number of hydrogen-bond donors (Lipinski definition) is 2. The van der Waals surface area contributed by atoms with E-state index in [4.69, 9.17) is 0 Å². The fraction of sp³-hybridized carbons (Fsp3) is 0.118. The zero-order valence-corrected chi connectivity index (χ0v) is 12.8. The van der Waals surface area contributed by atoms with Crippen molar-refractivity contribution in [3.63, 3.8) is 0 Å². The standard InChI is InChI=1S/C17H14FN3O3/c1-10-3-2-4-13-20-14(15(22)17(24)21(10)13)16(23)19-9-11-5-7-12(18)8-6-11/h2-8,22H,9H2,1H3,(H,19,23). The highest BCUT2D eigenvalue weighted by Crippen LogP contribution is 2.12. The minimum Gasteiger partial charge on any atom is -0.501 e. The van der Waals surface area contributed by atoms with E-state index in [-0.39, 0.29) is 23.7 Å². The topological polar surface area (TPSA) is 83.7 Å². The summed E-state index contributed by atoms with van der Waals surface area (Å²) in [5.41, 5.74) is 0.499. The maximum Gasteiger partial charge on any atom is 0.301 e. The van der Waals surface area contributed by atoms with Crippen molar-refractivity contribution in [1.29, 1.82) is 0 Å². The van der Waals surface area contributed by atoms with Crippen LogP contribution < -0.4 is 10.9 Å². The van der Waals surface area contributed by atoms with Crippen molar-refractivity contribution < 1.29 is 14.3 Å². The van der Waals surface area contributed by atoms with Crippen LogP contribution in [0, 0.1) is 12.7 Å². The Balaban J connectivity index is 1.91. The predicted molar refractivity (Wildman–Crippen MR) is 85.4 cm³/mol. The van der Waals surface area contributed by atoms with Crippen LogP contribution in [0.2, 0.25) is 0 Å². The van der Waals surface area contributed by atoms with Gasteiger partial charge in [0.2, 0.25) is 5.75 Å². The predicted octanol–water partition coefficient (Wildman–Crippen LogP) is 1.78. The van der Waals surface area contributed by atoms with Gasteiger partial charge >= 0.3 is 5.56 Å². The summed E-state index contributed by atoms with van der Waals surface area (Å²) in [7, 11) is 0. The van der Waals surface area contributed by atoms with Gasteiger partial charge in [0.05, 0.1) is 0 Å². The average Bonchev–Trinajstić information content (AvgIpc) is 2.57. The van der Waals surface area contributed by atoms with E-state index in [2.05, 4.69) is 10.3 Å². The summed E-state index contributed by atoms with van der Waals surface area (Å²) < 4.78 is 14.1. The van der Waals surface area contributed by atoms with Gasteiger partial charge in [-0.3, -0.25) is 14.0 Å². The van der Waals surface area contributed by atoms with E-state index >= 15 is 0 Å². The molecule has 0 saturated carbocycles. The molecule has 2 aromatic heterocycles. The number of halogens is 1. The smallest absolute Gasteiger partial charge is 0.301 e. The first-order valence-electron chi connectivity index (χ1n) is 7.21. The molecule has 0 spiro atoms. The molecule has 6 nitrogen and oxygen atoms in total. The number of pyridine rings is 1. The Morgan fingerprint density at radius 2 is 1.96 bits per heavy atom. The van der Waals surface area contributed by atoms with Gasteiger partial charge in [0, 0.05) is 12.2 Å². The molecule has 24 heavy (non-hydrogen) atoms. The normalized spacial score (nSPS) is 10.8. The zero-order valence-electron chi connectivity index (χ0n) is 12.8. The second-order valence-corrected chi connectivity index (χ2v) is 5.28. The van der Waals surface area contributed by atoms with Gasteiger partial charge in [-0.2, -0.15) is 0 Å². The summed E-state index contributed by atoms with van der Waals surface area (Å²) in [6, 6.07) is 10.6. The number of aromatic hydroxyl groups is 1. The van der Waals surface area contributed by atoms with E-state index in [0.29, 0.717) is 11.3 Å². The maximum atomic E-state index is 12.9. The summed E-state index contributed by atoms with van der Waals surface area (Å²) >= 11 is 0. The number of amides is 1. The van der Waals surface area contributed by atoms with Crippen LogP contribution in [0.4, 0.5) is 4.39 Å². The van der Waals surface area contributed by atoms with Crippen LogP contribution in [0.15, 0.2) is 47.3 Å². The Morgan fingerprint density at radius 1 is 1.25 bits per heavy atom. The third kappa shape index (κ3) is 2.83. The van der Waals surface area contributed by atoms with Crippen LogP contribution in [-0.4, -0.2) is 20.4 Å². The molecule has 0 bridgehead atoms. The number of benzene rings is 1. The van der Waals surface area contributed by atoms with Crippen LogP contribution >= 0.6 is 0 Å². The van der Waals surface area contributed by atoms with Gasteiger partial charge in [0.25, 0.3) is 5.91 Å². The van der Waals surface area contributed by atoms with E-state index in [1.165, 1.54) is 28.7 Å². The highest BCUT2D eigenvalue weighted by atomic mass is 19.1. The molecular formula is C17H14FN3O3. The minimum absolute atomic E-state index is 0.118. The molecule has 3 aromatic rings. The van der Waals surface area contributed by atoms with Gasteiger partial charge in [-0.15, -0.1) is 0 Å². The van der Waals surface area contributed by atoms with Gasteiger partial charge in [-0.05, 0) is 36.8 Å². The molecule has 7 heteroatoms. The second kappa shape index (κ2) is 6.11. The van der Waals surface area contributed by atoms with Crippen LogP contribution in [0.1, 0.15) is 21.7 Å². The quantitative estimate of drug-likeness (QED) is 0.768. The van der Waals surface area contributed by atoms with Gasteiger partial charge in [0.15, 0.2) is 5.69 Å². The average molecular weight is 327 g/mol. The van der Waals surface area contributed by atoms with Gasteiger partial charge < -0.3 is 10.4 Å². The number of nitrogens with zero attached hydrogens (tertiary/aromatic N) is 2. The Labute approximate surface area is 136 Å². The number of aryl methyl sites for hydroxylation is 1. The molecule has 0 saturated heterocycles. The van der Waals surface area contributed by atoms with E-state index < -0.39 is 17.2 Å². The fourth-order valence-corrected chi connectivity index (χ4v) is 2.36. The molecule has 1 amide bonds. The molecule has 0 aliphatic carbocycles. The molecule has 2 heterocycles. The van der Waals surface area contributed by atoms with Crippen molar-refractivity contribution in [3.05, 3.63) is 75.6 Å². The first-order valence-corrected chi connectivity index (χ1v) is 7.21. The summed E-state index contributed by atoms with van der Waals surface area (Å²) in [6.45, 7) is 1.82. The number of aromatic nitrogens is 2. The molecule has 0 aliphatic heterocycles. The Morgan fingerprint density at radius 3 is 2.67 bits per heavy atom. The molecule has 1 aromatic carbocycles. The van der Waals surface area contributed by atoms with E-state index in [1.54, 1.807) is 25.1 Å². The van der Waals surface area contributed by atoms with Crippen LogP contribution in [0.3, 0.4) is 0 Å². The maximum absolute atomic E-state index is 12.9. The van der Waals surface area contributed by atoms with Gasteiger partial charge in [-0.1, -0.05) is 18.2 Å². The number of carbonyl (C=O) groups excluding carboxylic acids is 1. The van der Waals surface area contributed by atoms with Crippen molar-refractivity contribution in [1.82, 2.24) is 14.7 Å². The summed E-state index contributed by atoms with van der Waals surface area (Å²) in [5.74, 6) is -1.77. The lowest BCUT2D eigenvalue weighted by molar-refractivity contribution is 0.0942. The number of fused-ring (bicyclic) bond motifs is 1. The Kier molecular flexibility index (Phi) is 3.99. The third-order valence-corrected chi connectivity index (χ3v) is 3.60. The van der Waals surface area contributed by atoms with E-state index in [9.17, 15) is 19.1 Å².